The summed E-state index contributed by atoms with van der Waals surface area (Å²) in [6.07, 6.45) is 3.86. The fraction of sp³-hybridized carbons (Fsp3) is 0.292. The standard InChI is InChI=1S/C24H29N3O5/c1-15(28)17-5-8-21(30)23(12-17)32-16(2)24(18-6-7-20(29)22(31)11-18)27-13-19(25-14-27)9-10-26(3)4/h5-8,11-14,16,24,28-31H,1,9-10H2,2-4H3. The minimum Gasteiger partial charge on any atom is -0.508 e. The first kappa shape index (κ1) is 23.0. The number of imidazole rings is 1. The molecule has 2 atom stereocenters. The Hall–Kier alpha value is -3.65. The van der Waals surface area contributed by atoms with Gasteiger partial charge in [-0.1, -0.05) is 12.6 Å². The Bertz CT molecular complexity index is 1090. The monoisotopic (exact) mass is 439 g/mol. The van der Waals surface area contributed by atoms with Crippen molar-refractivity contribution in [3.05, 3.63) is 72.3 Å². The lowest BCUT2D eigenvalue weighted by atomic mass is 10.0. The van der Waals surface area contributed by atoms with Gasteiger partial charge in [0.1, 0.15) is 11.9 Å². The lowest BCUT2D eigenvalue weighted by molar-refractivity contribution is 0.167. The summed E-state index contributed by atoms with van der Waals surface area (Å²) in [4.78, 5) is 6.57. The average molecular weight is 440 g/mol. The van der Waals surface area contributed by atoms with E-state index in [2.05, 4.69) is 16.5 Å². The highest BCUT2D eigenvalue weighted by atomic mass is 16.5. The molecule has 2 unspecified atom stereocenters. The summed E-state index contributed by atoms with van der Waals surface area (Å²) in [5.74, 6) is -0.487. The van der Waals surface area contributed by atoms with Gasteiger partial charge in [-0.15, -0.1) is 0 Å². The molecule has 0 spiro atoms. The van der Waals surface area contributed by atoms with Crippen LogP contribution < -0.4 is 4.74 Å². The minimum atomic E-state index is -0.525. The van der Waals surface area contributed by atoms with Crippen LogP contribution in [0.3, 0.4) is 0 Å². The number of rotatable bonds is 9. The molecule has 0 amide bonds. The fourth-order valence-corrected chi connectivity index (χ4v) is 3.46. The molecule has 3 aromatic rings. The van der Waals surface area contributed by atoms with E-state index < -0.39 is 12.1 Å². The van der Waals surface area contributed by atoms with Gasteiger partial charge in [-0.2, -0.15) is 0 Å². The molecule has 3 rings (SSSR count). The van der Waals surface area contributed by atoms with E-state index in [1.165, 1.54) is 30.3 Å². The Kier molecular flexibility index (Phi) is 6.95. The number of aliphatic hydroxyl groups excluding tert-OH is 1. The summed E-state index contributed by atoms with van der Waals surface area (Å²) in [7, 11) is 3.99. The number of phenols is 3. The Morgan fingerprint density at radius 3 is 2.47 bits per heavy atom. The van der Waals surface area contributed by atoms with E-state index in [0.717, 1.165) is 18.7 Å². The number of likely N-dealkylation sites (N-methyl/N-ethyl adjacent to an activating group) is 1. The summed E-state index contributed by atoms with van der Waals surface area (Å²) in [6, 6.07) is 8.64. The molecule has 0 fully saturated rings. The number of ether oxygens (including phenoxy) is 1. The van der Waals surface area contributed by atoms with Gasteiger partial charge in [-0.25, -0.2) is 4.98 Å². The van der Waals surface area contributed by atoms with Crippen molar-refractivity contribution in [1.29, 1.82) is 0 Å². The smallest absolute Gasteiger partial charge is 0.162 e. The van der Waals surface area contributed by atoms with Crippen LogP contribution in [-0.4, -0.2) is 61.6 Å². The van der Waals surface area contributed by atoms with Crippen LogP contribution in [0.25, 0.3) is 5.76 Å². The molecule has 0 aliphatic heterocycles. The molecule has 8 nitrogen and oxygen atoms in total. The van der Waals surface area contributed by atoms with Crippen molar-refractivity contribution in [3.8, 4) is 23.0 Å². The molecule has 1 aromatic heterocycles. The number of aliphatic hydroxyl groups is 1. The highest BCUT2D eigenvalue weighted by Crippen LogP contribution is 2.35. The quantitative estimate of drug-likeness (QED) is 0.297. The van der Waals surface area contributed by atoms with E-state index in [-0.39, 0.29) is 28.8 Å². The van der Waals surface area contributed by atoms with Crippen LogP contribution in [0.1, 0.15) is 29.8 Å². The molecule has 170 valence electrons. The number of hydrogen-bond acceptors (Lipinski definition) is 7. The van der Waals surface area contributed by atoms with E-state index in [4.69, 9.17) is 4.74 Å². The van der Waals surface area contributed by atoms with Crippen molar-refractivity contribution in [1.82, 2.24) is 14.5 Å². The summed E-state index contributed by atoms with van der Waals surface area (Å²) in [5, 5.41) is 39.8. The maximum absolute atomic E-state index is 10.3. The zero-order valence-electron chi connectivity index (χ0n) is 18.4. The zero-order valence-corrected chi connectivity index (χ0v) is 18.4. The van der Waals surface area contributed by atoms with Gasteiger partial charge in [0.25, 0.3) is 0 Å². The predicted molar refractivity (Wildman–Crippen MR) is 122 cm³/mol. The zero-order chi connectivity index (χ0) is 23.4. The molecule has 0 bridgehead atoms. The second-order valence-corrected chi connectivity index (χ2v) is 8.01. The number of nitrogens with zero attached hydrogens (tertiary/aromatic N) is 3. The summed E-state index contributed by atoms with van der Waals surface area (Å²) in [5.41, 5.74) is 2.02. The van der Waals surface area contributed by atoms with Crippen molar-refractivity contribution < 1.29 is 25.2 Å². The van der Waals surface area contributed by atoms with E-state index >= 15 is 0 Å². The third kappa shape index (κ3) is 5.33. The minimum absolute atomic E-state index is 0.0774. The van der Waals surface area contributed by atoms with Gasteiger partial charge in [0, 0.05) is 24.7 Å². The maximum atomic E-state index is 10.3. The van der Waals surface area contributed by atoms with Gasteiger partial charge in [-0.3, -0.25) is 0 Å². The molecule has 4 N–H and O–H groups in total. The van der Waals surface area contributed by atoms with Crippen molar-refractivity contribution in [2.75, 3.05) is 20.6 Å². The van der Waals surface area contributed by atoms with Crippen LogP contribution in [0.5, 0.6) is 23.0 Å². The normalized spacial score (nSPS) is 13.1. The van der Waals surface area contributed by atoms with Crippen LogP contribution in [0.4, 0.5) is 0 Å². The van der Waals surface area contributed by atoms with Crippen molar-refractivity contribution in [3.63, 3.8) is 0 Å². The fourth-order valence-electron chi connectivity index (χ4n) is 3.46. The largest absolute Gasteiger partial charge is 0.508 e. The molecule has 32 heavy (non-hydrogen) atoms. The van der Waals surface area contributed by atoms with Gasteiger partial charge in [0.15, 0.2) is 23.0 Å². The van der Waals surface area contributed by atoms with Gasteiger partial charge in [0.05, 0.1) is 18.1 Å². The first-order valence-electron chi connectivity index (χ1n) is 10.2. The van der Waals surface area contributed by atoms with Crippen LogP contribution in [0, 0.1) is 0 Å². The van der Waals surface area contributed by atoms with Gasteiger partial charge in [-0.05, 0) is 56.9 Å². The van der Waals surface area contributed by atoms with Crippen molar-refractivity contribution in [2.45, 2.75) is 25.5 Å². The van der Waals surface area contributed by atoms with Gasteiger partial charge >= 0.3 is 0 Å². The second kappa shape index (κ2) is 9.65. The van der Waals surface area contributed by atoms with E-state index in [9.17, 15) is 20.4 Å². The predicted octanol–water partition coefficient (Wildman–Crippen LogP) is 3.69. The first-order valence-corrected chi connectivity index (χ1v) is 10.2. The molecule has 0 aliphatic carbocycles. The summed E-state index contributed by atoms with van der Waals surface area (Å²) in [6.45, 7) is 6.18. The Balaban J connectivity index is 1.96. The number of benzene rings is 2. The van der Waals surface area contributed by atoms with Crippen LogP contribution in [-0.2, 0) is 6.42 Å². The Labute approximate surface area is 187 Å². The van der Waals surface area contributed by atoms with E-state index in [1.807, 2.05) is 31.8 Å². The molecular weight excluding hydrogens is 410 g/mol. The maximum Gasteiger partial charge on any atom is 0.162 e. The molecule has 8 heteroatoms. The number of aromatic hydroxyl groups is 3. The number of hydrogen-bond donors (Lipinski definition) is 4. The Morgan fingerprint density at radius 1 is 1.09 bits per heavy atom. The Morgan fingerprint density at radius 2 is 1.81 bits per heavy atom. The first-order chi connectivity index (χ1) is 15.2. The second-order valence-electron chi connectivity index (χ2n) is 8.01. The molecular formula is C24H29N3O5. The average Bonchev–Trinajstić information content (AvgIpc) is 3.19. The van der Waals surface area contributed by atoms with E-state index in [0.29, 0.717) is 11.1 Å². The molecule has 0 saturated heterocycles. The third-order valence-electron chi connectivity index (χ3n) is 5.18. The molecule has 0 aliphatic rings. The van der Waals surface area contributed by atoms with Gasteiger partial charge in [0.2, 0.25) is 0 Å². The topological polar surface area (TPSA) is 111 Å². The summed E-state index contributed by atoms with van der Waals surface area (Å²) >= 11 is 0. The van der Waals surface area contributed by atoms with Crippen molar-refractivity contribution in [2.24, 2.45) is 0 Å². The SMILES string of the molecule is C=C(O)c1ccc(O)c(OC(C)C(c2ccc(O)c(O)c2)n2cnc(CCN(C)C)c2)c1. The number of phenolic OH excluding ortho intramolecular Hbond substituents is 3. The van der Waals surface area contributed by atoms with Crippen LogP contribution in [0.2, 0.25) is 0 Å². The highest BCUT2D eigenvalue weighted by molar-refractivity contribution is 5.60. The molecule has 0 radical (unpaired) electrons. The van der Waals surface area contributed by atoms with Crippen LogP contribution in [0.15, 0.2) is 55.5 Å². The summed E-state index contributed by atoms with van der Waals surface area (Å²) < 4.78 is 7.96. The lowest BCUT2D eigenvalue weighted by Crippen LogP contribution is -2.27. The van der Waals surface area contributed by atoms with Crippen LogP contribution >= 0.6 is 0 Å². The van der Waals surface area contributed by atoms with E-state index in [1.54, 1.807) is 12.4 Å². The molecule has 0 saturated carbocycles. The third-order valence-corrected chi connectivity index (χ3v) is 5.18. The lowest BCUT2D eigenvalue weighted by Gasteiger charge is -2.27. The van der Waals surface area contributed by atoms with Crippen molar-refractivity contribution >= 4 is 5.76 Å². The number of aromatic nitrogens is 2. The van der Waals surface area contributed by atoms with Gasteiger partial charge < -0.3 is 34.6 Å². The molecule has 2 aromatic carbocycles. The molecule has 1 heterocycles. The highest BCUT2D eigenvalue weighted by Gasteiger charge is 2.25.